The van der Waals surface area contributed by atoms with E-state index in [1.165, 1.54) is 4.88 Å². The lowest BCUT2D eigenvalue weighted by Gasteiger charge is -2.43. The van der Waals surface area contributed by atoms with Crippen molar-refractivity contribution in [1.29, 1.82) is 0 Å². The van der Waals surface area contributed by atoms with Crippen molar-refractivity contribution in [1.82, 2.24) is 9.88 Å². The number of nitrogens with zero attached hydrogens (tertiary/aromatic N) is 2. The summed E-state index contributed by atoms with van der Waals surface area (Å²) < 4.78 is 40.7. The Morgan fingerprint density at radius 3 is 2.76 bits per heavy atom. The van der Waals surface area contributed by atoms with Gasteiger partial charge in [0.25, 0.3) is 0 Å². The smallest absolute Gasteiger partial charge is 0.345 e. The van der Waals surface area contributed by atoms with Crippen LogP contribution in [0.15, 0.2) is 30.3 Å². The van der Waals surface area contributed by atoms with Gasteiger partial charge in [0.15, 0.2) is 0 Å². The number of hydrogen-bond acceptors (Lipinski definition) is 3. The Bertz CT molecular complexity index is 1010. The van der Waals surface area contributed by atoms with Gasteiger partial charge in [0, 0.05) is 12.6 Å². The molecule has 3 aliphatic rings. The van der Waals surface area contributed by atoms with Crippen LogP contribution >= 0.6 is 11.3 Å². The number of carbonyl (C=O) groups excluding carboxylic acids is 1. The third-order valence-electron chi connectivity index (χ3n) is 7.72. The molecule has 5 rings (SSSR count). The summed E-state index contributed by atoms with van der Waals surface area (Å²) in [5.74, 6) is -0.362. The van der Waals surface area contributed by atoms with E-state index in [2.05, 4.69) is 15.6 Å². The second-order valence-corrected chi connectivity index (χ2v) is 11.0. The van der Waals surface area contributed by atoms with E-state index in [0.29, 0.717) is 25.9 Å². The van der Waals surface area contributed by atoms with Crippen molar-refractivity contribution in [2.75, 3.05) is 26.2 Å². The normalized spacial score (nSPS) is 29.9. The van der Waals surface area contributed by atoms with Gasteiger partial charge < -0.3 is 15.5 Å². The van der Waals surface area contributed by atoms with Crippen LogP contribution in [0.4, 0.5) is 13.2 Å². The number of nitrogens with two attached hydrogens (primary N) is 2. The first-order valence-corrected chi connectivity index (χ1v) is 12.6. The molecule has 4 N–H and O–H groups in total. The highest BCUT2D eigenvalue weighted by atomic mass is 32.1. The van der Waals surface area contributed by atoms with Gasteiger partial charge in [-0.05, 0) is 31.2 Å². The molecular formula is C24H31F3N4OS+2. The summed E-state index contributed by atoms with van der Waals surface area (Å²) >= 11 is 1.66. The summed E-state index contributed by atoms with van der Waals surface area (Å²) in [4.78, 5) is 21.4. The van der Waals surface area contributed by atoms with Crippen LogP contribution in [-0.2, 0) is 16.8 Å². The first-order valence-electron chi connectivity index (χ1n) is 11.8. The number of carbonyl (C=O) groups is 1. The molecule has 9 heteroatoms. The lowest BCUT2D eigenvalue weighted by molar-refractivity contribution is -0.691. The van der Waals surface area contributed by atoms with E-state index in [4.69, 9.17) is 0 Å². The highest BCUT2D eigenvalue weighted by Crippen LogP contribution is 2.43. The number of hydrogen-bond donors (Lipinski definition) is 2. The average Bonchev–Trinajstić information content (AvgIpc) is 3.37. The molecule has 1 aromatic heterocycles. The molecule has 1 aromatic carbocycles. The molecule has 178 valence electrons. The quantitative estimate of drug-likeness (QED) is 0.702. The van der Waals surface area contributed by atoms with Gasteiger partial charge in [-0.25, -0.2) is 4.98 Å². The van der Waals surface area contributed by atoms with Gasteiger partial charge in [0.2, 0.25) is 5.91 Å². The van der Waals surface area contributed by atoms with Gasteiger partial charge >= 0.3 is 6.18 Å². The number of rotatable bonds is 3. The maximum Gasteiger partial charge on any atom is 0.391 e. The van der Waals surface area contributed by atoms with E-state index in [9.17, 15) is 18.0 Å². The zero-order valence-electron chi connectivity index (χ0n) is 18.8. The topological polar surface area (TPSA) is 66.4 Å². The Hall–Kier alpha value is -1.97. The molecule has 5 nitrogen and oxygen atoms in total. The van der Waals surface area contributed by atoms with Crippen molar-refractivity contribution in [3.8, 4) is 0 Å². The highest BCUT2D eigenvalue weighted by Gasteiger charge is 2.58. The lowest BCUT2D eigenvalue weighted by atomic mass is 9.73. The Labute approximate surface area is 195 Å². The van der Waals surface area contributed by atoms with Gasteiger partial charge in [-0.1, -0.05) is 30.3 Å². The molecular weight excluding hydrogens is 449 g/mol. The van der Waals surface area contributed by atoms with Crippen molar-refractivity contribution >= 4 is 17.2 Å². The molecule has 0 radical (unpaired) electrons. The first kappa shape index (κ1) is 22.8. The van der Waals surface area contributed by atoms with E-state index in [1.807, 2.05) is 37.3 Å². The number of amides is 1. The molecule has 2 saturated heterocycles. The van der Waals surface area contributed by atoms with Crippen LogP contribution in [0.3, 0.4) is 0 Å². The number of benzene rings is 1. The van der Waals surface area contributed by atoms with E-state index >= 15 is 0 Å². The van der Waals surface area contributed by atoms with Gasteiger partial charge in [-0.3, -0.25) is 4.79 Å². The van der Waals surface area contributed by atoms with Crippen molar-refractivity contribution in [3.63, 3.8) is 0 Å². The Morgan fingerprint density at radius 1 is 1.24 bits per heavy atom. The molecule has 33 heavy (non-hydrogen) atoms. The molecule has 4 unspecified atom stereocenters. The van der Waals surface area contributed by atoms with Gasteiger partial charge in [0.1, 0.15) is 23.6 Å². The fourth-order valence-corrected chi connectivity index (χ4v) is 7.49. The number of thiazole rings is 1. The minimum atomic E-state index is -4.30. The number of aromatic nitrogens is 1. The molecule has 4 heterocycles. The minimum Gasteiger partial charge on any atom is -0.345 e. The first-order chi connectivity index (χ1) is 15.8. The summed E-state index contributed by atoms with van der Waals surface area (Å²) in [6, 6.07) is 8.93. The Kier molecular flexibility index (Phi) is 5.99. The largest absolute Gasteiger partial charge is 0.391 e. The molecule has 2 fully saturated rings. The zero-order valence-corrected chi connectivity index (χ0v) is 19.6. The fourth-order valence-electron chi connectivity index (χ4n) is 6.28. The van der Waals surface area contributed by atoms with E-state index in [0.717, 1.165) is 35.9 Å². The molecule has 0 aliphatic carbocycles. The molecule has 4 atom stereocenters. The molecule has 1 amide bonds. The maximum atomic E-state index is 13.9. The summed E-state index contributed by atoms with van der Waals surface area (Å²) in [6.07, 6.45) is -4.19. The predicted octanol–water partition coefficient (Wildman–Crippen LogP) is 1.69. The highest BCUT2D eigenvalue weighted by molar-refractivity contribution is 7.11. The van der Waals surface area contributed by atoms with Crippen molar-refractivity contribution < 1.29 is 28.6 Å². The van der Waals surface area contributed by atoms with E-state index in [-0.39, 0.29) is 23.2 Å². The number of aryl methyl sites for hydroxylation is 1. The average molecular weight is 481 g/mol. The van der Waals surface area contributed by atoms with E-state index in [1.54, 1.807) is 16.2 Å². The van der Waals surface area contributed by atoms with Crippen LogP contribution in [0.25, 0.3) is 0 Å². The zero-order chi connectivity index (χ0) is 23.2. The van der Waals surface area contributed by atoms with Gasteiger partial charge in [-0.2, -0.15) is 13.2 Å². The standard InChI is InChI=1S/C24H29F3N4OS/c1-15-30-20-12-29-14-23(21(20)33-15)13-28-11-19(23)22(32)31-8-7-17(16-5-3-2-4-6-16)9-18(31)10-24(25,26)27/h2-6,17-19,28-29H,7-14H2,1H3/p+2. The maximum absolute atomic E-state index is 13.9. The number of likely N-dealkylation sites (tertiary alicyclic amines) is 1. The Balaban J connectivity index is 1.43. The van der Waals surface area contributed by atoms with Gasteiger partial charge in [0.05, 0.1) is 35.9 Å². The predicted molar refractivity (Wildman–Crippen MR) is 119 cm³/mol. The van der Waals surface area contributed by atoms with Crippen LogP contribution in [0.5, 0.6) is 0 Å². The number of piperidine rings is 1. The molecule has 2 aromatic rings. The van der Waals surface area contributed by atoms with Crippen LogP contribution in [0, 0.1) is 12.8 Å². The van der Waals surface area contributed by atoms with Crippen LogP contribution in [0.1, 0.15) is 46.3 Å². The SMILES string of the molecule is Cc1nc2c(s1)C1(C[NH2+]C2)C[NH2+]CC1C(=O)N1CCC(c2ccccc2)CC1CC(F)(F)F. The third kappa shape index (κ3) is 4.31. The molecule has 1 spiro atoms. The molecule has 0 bridgehead atoms. The summed E-state index contributed by atoms with van der Waals surface area (Å²) in [7, 11) is 0. The monoisotopic (exact) mass is 480 g/mol. The van der Waals surface area contributed by atoms with Crippen molar-refractivity contribution in [2.24, 2.45) is 5.92 Å². The van der Waals surface area contributed by atoms with E-state index < -0.39 is 18.6 Å². The van der Waals surface area contributed by atoms with Crippen LogP contribution < -0.4 is 10.6 Å². The van der Waals surface area contributed by atoms with Gasteiger partial charge in [-0.15, -0.1) is 11.3 Å². The second kappa shape index (κ2) is 8.67. The number of alkyl halides is 3. The summed E-state index contributed by atoms with van der Waals surface area (Å²) in [5, 5.41) is 5.36. The van der Waals surface area contributed by atoms with Crippen LogP contribution in [0.2, 0.25) is 0 Å². The Morgan fingerprint density at radius 2 is 2.00 bits per heavy atom. The fraction of sp³-hybridized carbons (Fsp3) is 0.583. The van der Waals surface area contributed by atoms with Crippen molar-refractivity contribution in [2.45, 2.75) is 56.3 Å². The van der Waals surface area contributed by atoms with Crippen molar-refractivity contribution in [3.05, 3.63) is 51.5 Å². The number of fused-ring (bicyclic) bond motifs is 2. The number of halogens is 3. The summed E-state index contributed by atoms with van der Waals surface area (Å²) in [6.45, 7) is 5.38. The second-order valence-electron chi connectivity index (χ2n) is 9.78. The summed E-state index contributed by atoms with van der Waals surface area (Å²) in [5.41, 5.74) is 1.77. The minimum absolute atomic E-state index is 0.0467. The third-order valence-corrected chi connectivity index (χ3v) is 8.95. The van der Waals surface area contributed by atoms with Crippen LogP contribution in [-0.4, -0.2) is 54.2 Å². The number of quaternary nitrogens is 2. The molecule has 0 saturated carbocycles. The molecule has 3 aliphatic heterocycles. The lowest BCUT2D eigenvalue weighted by Crippen LogP contribution is -2.91.